The van der Waals surface area contributed by atoms with Crippen molar-refractivity contribution >= 4 is 73.9 Å². The molecule has 344 valence electrons. The van der Waals surface area contributed by atoms with E-state index in [4.69, 9.17) is 16.3 Å². The van der Waals surface area contributed by atoms with Gasteiger partial charge >= 0.3 is 0 Å². The number of nitrogens with one attached hydrogen (secondary N) is 3. The molecule has 65 heavy (non-hydrogen) atoms. The van der Waals surface area contributed by atoms with Crippen molar-refractivity contribution in [3.05, 3.63) is 87.8 Å². The topological polar surface area (TPSA) is 186 Å². The Morgan fingerprint density at radius 3 is 2.32 bits per heavy atom. The Labute approximate surface area is 382 Å². The standard InChI is InChI=1S/C46H53ClFN9O7S/c1-26(2)64-37-23-36(28(5)22-34(37)51-46-49-24-32(47)42(53-46)50-33-8-6-7-9-38(33)65(62,63)27(3)4)56-16-14-30(15-17-56)55-20-18-54(19-21-55)25-29-10-11-31-40(41(29)48)45(61)57(44(31)60)35-12-13-39(58)52-43(35)59/h6-11,22-24,26-27,30,35H,12-21,25H2,1-5H3,(H,52,58,59)(H2,49,50,51,53). The molecule has 4 amide bonds. The summed E-state index contributed by atoms with van der Waals surface area (Å²) in [6.07, 6.45) is 3.23. The molecule has 1 unspecified atom stereocenters. The lowest BCUT2D eigenvalue weighted by Gasteiger charge is -2.43. The highest BCUT2D eigenvalue weighted by atomic mass is 35.5. The number of imide groups is 2. The van der Waals surface area contributed by atoms with Crippen LogP contribution in [0.5, 0.6) is 5.75 Å². The van der Waals surface area contributed by atoms with Crippen molar-refractivity contribution in [3.63, 3.8) is 0 Å². The molecule has 1 aromatic heterocycles. The first kappa shape index (κ1) is 45.9. The molecule has 19 heteroatoms. The predicted molar refractivity (Wildman–Crippen MR) is 244 cm³/mol. The molecule has 3 saturated heterocycles. The van der Waals surface area contributed by atoms with Crippen molar-refractivity contribution in [2.45, 2.75) is 95.2 Å². The molecular formula is C46H53ClFN9O7S. The number of benzene rings is 3. The number of aromatic nitrogens is 2. The zero-order valence-corrected chi connectivity index (χ0v) is 38.6. The van der Waals surface area contributed by atoms with E-state index in [0.29, 0.717) is 41.8 Å². The fourth-order valence-corrected chi connectivity index (χ4v) is 10.3. The van der Waals surface area contributed by atoms with Crippen LogP contribution in [0, 0.1) is 12.7 Å². The minimum absolute atomic E-state index is 0.00510. The van der Waals surface area contributed by atoms with Crippen molar-refractivity contribution in [2.24, 2.45) is 0 Å². The molecule has 0 radical (unpaired) electrons. The van der Waals surface area contributed by atoms with Gasteiger partial charge in [-0.1, -0.05) is 29.8 Å². The maximum atomic E-state index is 16.0. The van der Waals surface area contributed by atoms with Crippen LogP contribution in [0.2, 0.25) is 5.02 Å². The quantitative estimate of drug-likeness (QED) is 0.128. The Kier molecular flexibility index (Phi) is 13.2. The first-order valence-corrected chi connectivity index (χ1v) is 23.9. The van der Waals surface area contributed by atoms with Gasteiger partial charge in [0.25, 0.3) is 11.8 Å². The monoisotopic (exact) mass is 929 g/mol. The number of aryl methyl sites for hydroxylation is 1. The minimum atomic E-state index is -3.60. The van der Waals surface area contributed by atoms with E-state index in [-0.39, 0.29) is 58.3 Å². The molecule has 3 fully saturated rings. The lowest BCUT2D eigenvalue weighted by molar-refractivity contribution is -0.136. The number of amides is 4. The second-order valence-electron chi connectivity index (χ2n) is 17.5. The molecule has 4 aliphatic heterocycles. The van der Waals surface area contributed by atoms with Gasteiger partial charge in [-0.2, -0.15) is 4.98 Å². The summed E-state index contributed by atoms with van der Waals surface area (Å²) in [6.45, 7) is 14.2. The highest BCUT2D eigenvalue weighted by Gasteiger charge is 2.46. The number of carbonyl (C=O) groups excluding carboxylic acids is 4. The van der Waals surface area contributed by atoms with Gasteiger partial charge < -0.3 is 20.3 Å². The van der Waals surface area contributed by atoms with Crippen LogP contribution >= 0.6 is 11.6 Å². The summed E-state index contributed by atoms with van der Waals surface area (Å²) < 4.78 is 48.5. The number of ether oxygens (including phenoxy) is 1. The number of carbonyl (C=O) groups is 4. The van der Waals surface area contributed by atoms with E-state index in [2.05, 4.69) is 47.5 Å². The number of anilines is 5. The highest BCUT2D eigenvalue weighted by molar-refractivity contribution is 7.92. The van der Waals surface area contributed by atoms with Crippen LogP contribution in [-0.2, 0) is 26.0 Å². The number of para-hydroxylation sites is 1. The normalized spacial score (nSPS) is 19.0. The van der Waals surface area contributed by atoms with Gasteiger partial charge in [0.05, 0.1) is 44.9 Å². The lowest BCUT2D eigenvalue weighted by atomic mass is 10.00. The Morgan fingerprint density at radius 2 is 1.63 bits per heavy atom. The van der Waals surface area contributed by atoms with Crippen LogP contribution in [0.3, 0.4) is 0 Å². The average Bonchev–Trinajstić information content (AvgIpc) is 3.52. The molecule has 0 aliphatic carbocycles. The summed E-state index contributed by atoms with van der Waals surface area (Å²) in [5, 5.41) is 8.17. The van der Waals surface area contributed by atoms with E-state index in [1.807, 2.05) is 26.0 Å². The molecule has 3 N–H and O–H groups in total. The number of hydrogen-bond acceptors (Lipinski definition) is 14. The third kappa shape index (κ3) is 9.39. The molecule has 4 aromatic rings. The van der Waals surface area contributed by atoms with Crippen LogP contribution in [0.15, 0.2) is 59.6 Å². The highest BCUT2D eigenvalue weighted by Crippen LogP contribution is 2.38. The number of fused-ring (bicyclic) bond motifs is 1. The average molecular weight is 931 g/mol. The lowest BCUT2D eigenvalue weighted by Crippen LogP contribution is -2.54. The summed E-state index contributed by atoms with van der Waals surface area (Å²) in [7, 11) is -3.60. The Morgan fingerprint density at radius 1 is 0.908 bits per heavy atom. The van der Waals surface area contributed by atoms with E-state index in [9.17, 15) is 27.6 Å². The summed E-state index contributed by atoms with van der Waals surface area (Å²) in [4.78, 5) is 67.6. The first-order chi connectivity index (χ1) is 31.0. The fourth-order valence-electron chi connectivity index (χ4n) is 8.98. The number of sulfone groups is 1. The van der Waals surface area contributed by atoms with Crippen molar-refractivity contribution in [3.8, 4) is 5.75 Å². The molecule has 0 bridgehead atoms. The van der Waals surface area contributed by atoms with Gasteiger partial charge in [-0.25, -0.2) is 17.8 Å². The number of nitrogens with zero attached hydrogens (tertiary/aromatic N) is 6. The van der Waals surface area contributed by atoms with Gasteiger partial charge in [-0.15, -0.1) is 0 Å². The maximum absolute atomic E-state index is 16.0. The van der Waals surface area contributed by atoms with Crippen molar-refractivity contribution < 1.29 is 36.7 Å². The van der Waals surface area contributed by atoms with Crippen LogP contribution in [0.25, 0.3) is 0 Å². The summed E-state index contributed by atoms with van der Waals surface area (Å²) in [6, 6.07) is 12.9. The number of piperazine rings is 1. The van der Waals surface area contributed by atoms with E-state index < -0.39 is 50.6 Å². The Bertz CT molecular complexity index is 2650. The molecule has 0 saturated carbocycles. The molecule has 16 nitrogen and oxygen atoms in total. The summed E-state index contributed by atoms with van der Waals surface area (Å²) in [5.74, 6) is -2.41. The summed E-state index contributed by atoms with van der Waals surface area (Å²) >= 11 is 6.52. The largest absolute Gasteiger partial charge is 0.489 e. The van der Waals surface area contributed by atoms with Gasteiger partial charge in [0.1, 0.15) is 22.6 Å². The van der Waals surface area contributed by atoms with E-state index in [1.54, 1.807) is 44.2 Å². The smallest absolute Gasteiger partial charge is 0.265 e. The molecule has 3 aromatic carbocycles. The number of hydrogen-bond donors (Lipinski definition) is 3. The zero-order chi connectivity index (χ0) is 46.3. The SMILES string of the molecule is Cc1cc(Nc2ncc(Cl)c(Nc3ccccc3S(=O)(=O)C(C)C)n2)c(OC(C)C)cc1N1CCC(N2CCN(Cc3ccc4c(c3F)C(=O)N(C3CCC(=O)NC3=O)C4=O)CC2)CC1. The van der Waals surface area contributed by atoms with Crippen molar-refractivity contribution in [1.29, 1.82) is 0 Å². The number of rotatable bonds is 13. The fraction of sp³-hybridized carbons (Fsp3) is 0.435. The van der Waals surface area contributed by atoms with E-state index in [0.717, 1.165) is 55.2 Å². The van der Waals surface area contributed by atoms with Crippen LogP contribution in [-0.4, -0.2) is 119 Å². The third-order valence-corrected chi connectivity index (χ3v) is 15.0. The second kappa shape index (κ2) is 18.7. The van der Waals surface area contributed by atoms with Crippen molar-refractivity contribution in [1.82, 2.24) is 30.0 Å². The molecule has 8 rings (SSSR count). The number of halogens is 2. The molecule has 4 aliphatic rings. The van der Waals surface area contributed by atoms with E-state index >= 15 is 4.39 Å². The molecular weight excluding hydrogens is 877 g/mol. The van der Waals surface area contributed by atoms with Crippen molar-refractivity contribution in [2.75, 3.05) is 54.8 Å². The molecule has 5 heterocycles. The zero-order valence-electron chi connectivity index (χ0n) is 37.0. The van der Waals surface area contributed by atoms with Crippen LogP contribution in [0.1, 0.15) is 85.2 Å². The first-order valence-electron chi connectivity index (χ1n) is 21.9. The minimum Gasteiger partial charge on any atom is -0.489 e. The second-order valence-corrected chi connectivity index (χ2v) is 20.4. The van der Waals surface area contributed by atoms with Gasteiger partial charge in [-0.05, 0) is 83.7 Å². The van der Waals surface area contributed by atoms with Gasteiger partial charge in [-0.3, -0.25) is 39.2 Å². The number of piperidine rings is 2. The maximum Gasteiger partial charge on any atom is 0.265 e. The van der Waals surface area contributed by atoms with E-state index in [1.165, 1.54) is 12.3 Å². The van der Waals surface area contributed by atoms with Crippen LogP contribution < -0.4 is 25.6 Å². The predicted octanol–water partition coefficient (Wildman–Crippen LogP) is 6.22. The van der Waals surface area contributed by atoms with Gasteiger partial charge in [0.2, 0.25) is 17.8 Å². The van der Waals surface area contributed by atoms with Gasteiger partial charge in [0.15, 0.2) is 15.7 Å². The molecule has 0 spiro atoms. The van der Waals surface area contributed by atoms with Gasteiger partial charge in [0, 0.05) is 75.6 Å². The molecule has 1 atom stereocenters. The van der Waals surface area contributed by atoms with Crippen LogP contribution in [0.4, 0.5) is 33.2 Å². The third-order valence-electron chi connectivity index (χ3n) is 12.5. The summed E-state index contributed by atoms with van der Waals surface area (Å²) in [5.41, 5.74) is 3.05. The Balaban J connectivity index is 0.885. The Hall–Kier alpha value is -5.69.